The summed E-state index contributed by atoms with van der Waals surface area (Å²) < 4.78 is 22.6. The van der Waals surface area contributed by atoms with E-state index in [4.69, 9.17) is 0 Å². The van der Waals surface area contributed by atoms with Crippen molar-refractivity contribution < 1.29 is 18.0 Å². The van der Waals surface area contributed by atoms with Crippen molar-refractivity contribution in [2.75, 3.05) is 18.1 Å². The zero-order valence-electron chi connectivity index (χ0n) is 11.2. The number of rotatable bonds is 5. The summed E-state index contributed by atoms with van der Waals surface area (Å²) >= 11 is 0. The second-order valence-electron chi connectivity index (χ2n) is 5.26. The Labute approximate surface area is 118 Å². The number of carbonyl (C=O) groups excluding carboxylic acids is 2. The fraction of sp³-hybridized carbons (Fsp3) is 0.750. The molecule has 2 aliphatic rings. The first-order chi connectivity index (χ1) is 9.46. The molecule has 0 bridgehead atoms. The van der Waals surface area contributed by atoms with Gasteiger partial charge in [-0.3, -0.25) is 9.59 Å². The van der Waals surface area contributed by atoms with Gasteiger partial charge in [0.1, 0.15) is 5.71 Å². The van der Waals surface area contributed by atoms with Crippen molar-refractivity contribution >= 4 is 27.4 Å². The summed E-state index contributed by atoms with van der Waals surface area (Å²) in [5, 5.41) is 6.45. The van der Waals surface area contributed by atoms with Crippen LogP contribution in [-0.4, -0.2) is 44.0 Å². The first-order valence-electron chi connectivity index (χ1n) is 6.80. The second kappa shape index (κ2) is 6.34. The minimum Gasteiger partial charge on any atom is -0.351 e. The highest BCUT2D eigenvalue weighted by Crippen LogP contribution is 2.22. The van der Waals surface area contributed by atoms with Crippen LogP contribution in [0.3, 0.4) is 0 Å². The quantitative estimate of drug-likeness (QED) is 0.673. The fourth-order valence-electron chi connectivity index (χ4n) is 2.43. The van der Waals surface area contributed by atoms with Gasteiger partial charge in [0.05, 0.1) is 11.5 Å². The van der Waals surface area contributed by atoms with Gasteiger partial charge in [0.25, 0.3) is 5.91 Å². The van der Waals surface area contributed by atoms with Gasteiger partial charge in [-0.2, -0.15) is 5.10 Å². The predicted octanol–water partition coefficient (Wildman–Crippen LogP) is -0.416. The van der Waals surface area contributed by atoms with Gasteiger partial charge in [0, 0.05) is 19.4 Å². The summed E-state index contributed by atoms with van der Waals surface area (Å²) in [5.74, 6) is 0.358. The summed E-state index contributed by atoms with van der Waals surface area (Å²) in [4.78, 5) is 22.6. The van der Waals surface area contributed by atoms with Crippen LogP contribution in [0.4, 0.5) is 0 Å². The molecule has 2 aliphatic heterocycles. The molecular weight excluding hydrogens is 282 g/mol. The normalized spacial score (nSPS) is 24.9. The third-order valence-corrected chi connectivity index (χ3v) is 5.40. The van der Waals surface area contributed by atoms with Gasteiger partial charge in [-0.15, -0.1) is 0 Å². The molecule has 8 heteroatoms. The number of hydrazone groups is 1. The average Bonchev–Trinajstić information content (AvgIpc) is 2.75. The van der Waals surface area contributed by atoms with Crippen LogP contribution in [0.1, 0.15) is 32.1 Å². The molecule has 2 amide bonds. The first kappa shape index (κ1) is 15.0. The molecule has 2 heterocycles. The lowest BCUT2D eigenvalue weighted by molar-refractivity contribution is -0.121. The van der Waals surface area contributed by atoms with Crippen LogP contribution in [0.2, 0.25) is 0 Å². The van der Waals surface area contributed by atoms with Gasteiger partial charge in [0.15, 0.2) is 9.84 Å². The van der Waals surface area contributed by atoms with Crippen molar-refractivity contribution in [1.29, 1.82) is 0 Å². The maximum Gasteiger partial charge on any atom is 0.267 e. The first-order valence-corrected chi connectivity index (χ1v) is 8.62. The number of amides is 2. The molecule has 0 spiro atoms. The topological polar surface area (TPSA) is 105 Å². The molecule has 0 radical (unpaired) electrons. The van der Waals surface area contributed by atoms with Crippen molar-refractivity contribution in [1.82, 2.24) is 10.7 Å². The van der Waals surface area contributed by atoms with E-state index in [1.54, 1.807) is 0 Å². The lowest BCUT2D eigenvalue weighted by Gasteiger charge is -2.12. The minimum atomic E-state index is -2.82. The average molecular weight is 301 g/mol. The third kappa shape index (κ3) is 4.29. The molecule has 1 saturated heterocycles. The van der Waals surface area contributed by atoms with Crippen LogP contribution in [0.15, 0.2) is 5.10 Å². The third-order valence-electron chi connectivity index (χ3n) is 3.57. The van der Waals surface area contributed by atoms with Crippen LogP contribution >= 0.6 is 0 Å². The van der Waals surface area contributed by atoms with E-state index in [0.717, 1.165) is 19.3 Å². The Morgan fingerprint density at radius 1 is 1.40 bits per heavy atom. The van der Waals surface area contributed by atoms with Crippen LogP contribution in [-0.2, 0) is 19.4 Å². The SMILES string of the molecule is O=C1CCC(C(=O)NCCCC2CCS(=O)(=O)C2)=NN1. The highest BCUT2D eigenvalue weighted by molar-refractivity contribution is 7.91. The summed E-state index contributed by atoms with van der Waals surface area (Å²) in [6.45, 7) is 0.502. The highest BCUT2D eigenvalue weighted by atomic mass is 32.2. The summed E-state index contributed by atoms with van der Waals surface area (Å²) in [6.07, 6.45) is 2.94. The van der Waals surface area contributed by atoms with Crippen LogP contribution in [0.25, 0.3) is 0 Å². The second-order valence-corrected chi connectivity index (χ2v) is 7.49. The van der Waals surface area contributed by atoms with E-state index in [0.29, 0.717) is 24.4 Å². The van der Waals surface area contributed by atoms with Gasteiger partial charge in [0.2, 0.25) is 5.91 Å². The van der Waals surface area contributed by atoms with E-state index in [2.05, 4.69) is 15.8 Å². The number of carbonyl (C=O) groups is 2. The summed E-state index contributed by atoms with van der Waals surface area (Å²) in [6, 6.07) is 0. The van der Waals surface area contributed by atoms with Crippen LogP contribution in [0.5, 0.6) is 0 Å². The minimum absolute atomic E-state index is 0.177. The van der Waals surface area contributed by atoms with Crippen molar-refractivity contribution in [3.63, 3.8) is 0 Å². The predicted molar refractivity (Wildman–Crippen MR) is 73.8 cm³/mol. The molecular formula is C12H19N3O4S. The van der Waals surface area contributed by atoms with E-state index in [1.165, 1.54) is 0 Å². The van der Waals surface area contributed by atoms with E-state index < -0.39 is 9.84 Å². The van der Waals surface area contributed by atoms with Crippen molar-refractivity contribution in [3.05, 3.63) is 0 Å². The Kier molecular flexibility index (Phi) is 4.74. The Morgan fingerprint density at radius 2 is 2.20 bits per heavy atom. The van der Waals surface area contributed by atoms with Crippen molar-refractivity contribution in [2.45, 2.75) is 32.1 Å². The lowest BCUT2D eigenvalue weighted by Crippen LogP contribution is -2.37. The van der Waals surface area contributed by atoms with Gasteiger partial charge < -0.3 is 5.32 Å². The number of hydrogen-bond acceptors (Lipinski definition) is 5. The van der Waals surface area contributed by atoms with E-state index >= 15 is 0 Å². The molecule has 2 N–H and O–H groups in total. The Morgan fingerprint density at radius 3 is 2.80 bits per heavy atom. The van der Waals surface area contributed by atoms with Gasteiger partial charge >= 0.3 is 0 Å². The maximum atomic E-state index is 11.7. The lowest BCUT2D eigenvalue weighted by atomic mass is 10.0. The molecule has 1 atom stereocenters. The number of sulfone groups is 1. The fourth-order valence-corrected chi connectivity index (χ4v) is 4.34. The molecule has 0 aromatic carbocycles. The molecule has 0 aromatic rings. The molecule has 0 aliphatic carbocycles. The molecule has 1 fully saturated rings. The largest absolute Gasteiger partial charge is 0.351 e. The van der Waals surface area contributed by atoms with Crippen molar-refractivity contribution in [2.24, 2.45) is 11.0 Å². The molecule has 1 unspecified atom stereocenters. The van der Waals surface area contributed by atoms with E-state index in [-0.39, 0.29) is 29.9 Å². The van der Waals surface area contributed by atoms with E-state index in [1.807, 2.05) is 0 Å². The van der Waals surface area contributed by atoms with E-state index in [9.17, 15) is 18.0 Å². The summed E-state index contributed by atoms with van der Waals surface area (Å²) in [5.41, 5.74) is 2.62. The Balaban J connectivity index is 1.64. The van der Waals surface area contributed by atoms with Crippen molar-refractivity contribution in [3.8, 4) is 0 Å². The molecule has 7 nitrogen and oxygen atoms in total. The molecule has 2 rings (SSSR count). The molecule has 112 valence electrons. The summed E-state index contributed by atoms with van der Waals surface area (Å²) in [7, 11) is -2.82. The van der Waals surface area contributed by atoms with Crippen LogP contribution in [0, 0.1) is 5.92 Å². The van der Waals surface area contributed by atoms with Gasteiger partial charge in [-0.25, -0.2) is 13.8 Å². The number of hydrogen-bond donors (Lipinski definition) is 2. The molecule has 0 saturated carbocycles. The molecule has 20 heavy (non-hydrogen) atoms. The van der Waals surface area contributed by atoms with Crippen LogP contribution < -0.4 is 10.7 Å². The molecule has 0 aromatic heterocycles. The standard InChI is InChI=1S/C12H19N3O4S/c16-11-4-3-10(14-15-11)12(17)13-6-1-2-9-5-7-20(18,19)8-9/h9H,1-8H2,(H,13,17)(H,15,16). The number of nitrogens with one attached hydrogen (secondary N) is 2. The number of nitrogens with zero attached hydrogens (tertiary/aromatic N) is 1. The maximum absolute atomic E-state index is 11.7. The van der Waals surface area contributed by atoms with Gasteiger partial charge in [-0.1, -0.05) is 0 Å². The Bertz CT molecular complexity index is 527. The monoisotopic (exact) mass is 301 g/mol. The smallest absolute Gasteiger partial charge is 0.267 e. The zero-order chi connectivity index (χ0) is 14.6. The Hall–Kier alpha value is -1.44. The zero-order valence-corrected chi connectivity index (χ0v) is 12.0. The highest BCUT2D eigenvalue weighted by Gasteiger charge is 2.27. The van der Waals surface area contributed by atoms with Gasteiger partial charge in [-0.05, 0) is 25.2 Å².